The Balaban J connectivity index is 2.79. The second-order valence-corrected chi connectivity index (χ2v) is 7.57. The van der Waals surface area contributed by atoms with E-state index in [1.807, 2.05) is 46.9 Å². The first-order valence-electron chi connectivity index (χ1n) is 8.65. The maximum Gasteiger partial charge on any atom is 0.322 e. The molecular formula is C19H32N3O4+. The van der Waals surface area contributed by atoms with Crippen LogP contribution in [-0.4, -0.2) is 44.8 Å². The first-order chi connectivity index (χ1) is 12.0. The molecule has 3 amide bonds. The monoisotopic (exact) mass is 366 g/mol. The van der Waals surface area contributed by atoms with Crippen LogP contribution in [0.15, 0.2) is 12.1 Å². The molecule has 1 aromatic carbocycles. The van der Waals surface area contributed by atoms with Crippen LogP contribution < -0.4 is 25.0 Å². The van der Waals surface area contributed by atoms with Crippen LogP contribution in [0.25, 0.3) is 0 Å². The quantitative estimate of drug-likeness (QED) is 0.703. The summed E-state index contributed by atoms with van der Waals surface area (Å²) in [7, 11) is 5.11. The third-order valence-corrected chi connectivity index (χ3v) is 4.17. The van der Waals surface area contributed by atoms with Gasteiger partial charge in [0.2, 0.25) is 0 Å². The van der Waals surface area contributed by atoms with Crippen LogP contribution >= 0.6 is 0 Å². The third kappa shape index (κ3) is 6.22. The van der Waals surface area contributed by atoms with E-state index in [0.717, 1.165) is 16.0 Å². The van der Waals surface area contributed by atoms with Crippen molar-refractivity contribution in [2.45, 2.75) is 52.7 Å². The highest BCUT2D eigenvalue weighted by molar-refractivity contribution is 5.96. The number of methoxy groups -OCH3 is 2. The molecular weight excluding hydrogens is 334 g/mol. The van der Waals surface area contributed by atoms with Gasteiger partial charge in [0.05, 0.1) is 21.3 Å². The normalized spacial score (nSPS) is 13.5. The minimum Gasteiger partial charge on any atom is -0.493 e. The van der Waals surface area contributed by atoms with Gasteiger partial charge >= 0.3 is 6.03 Å². The van der Waals surface area contributed by atoms with Gasteiger partial charge in [-0.2, -0.15) is 0 Å². The molecule has 1 rings (SSSR count). The minimum absolute atomic E-state index is 0.317. The Morgan fingerprint density at radius 1 is 1.15 bits per heavy atom. The molecule has 7 heteroatoms. The lowest BCUT2D eigenvalue weighted by Crippen LogP contribution is -3.12. The van der Waals surface area contributed by atoms with E-state index in [2.05, 4.69) is 10.6 Å². The molecule has 1 unspecified atom stereocenters. The molecule has 0 aliphatic carbocycles. The number of imide groups is 1. The number of carbonyl (C=O) groups excluding carboxylic acids is 2. The second kappa shape index (κ2) is 8.89. The SMILES string of the molecule is COc1cc(C)c(C[NH+](C)[C@H](C)C(=O)NC(=O)NC(C)(C)C)cc1OC. The lowest BCUT2D eigenvalue weighted by molar-refractivity contribution is -0.908. The van der Waals surface area contributed by atoms with E-state index < -0.39 is 17.6 Å². The van der Waals surface area contributed by atoms with E-state index in [1.165, 1.54) is 0 Å². The van der Waals surface area contributed by atoms with E-state index in [4.69, 9.17) is 9.47 Å². The smallest absolute Gasteiger partial charge is 0.322 e. The number of rotatable bonds is 6. The van der Waals surface area contributed by atoms with E-state index in [9.17, 15) is 9.59 Å². The van der Waals surface area contributed by atoms with Gasteiger partial charge in [-0.15, -0.1) is 0 Å². The number of amides is 3. The summed E-state index contributed by atoms with van der Waals surface area (Å²) in [6, 6.07) is 2.97. The number of likely N-dealkylation sites (N-methyl/N-ethyl adjacent to an activating group) is 1. The summed E-state index contributed by atoms with van der Waals surface area (Å²) in [5.41, 5.74) is 1.71. The first kappa shape index (κ1) is 21.8. The zero-order valence-corrected chi connectivity index (χ0v) is 17.1. The fourth-order valence-electron chi connectivity index (χ4n) is 2.48. The molecule has 0 saturated heterocycles. The summed E-state index contributed by atoms with van der Waals surface area (Å²) >= 11 is 0. The van der Waals surface area contributed by atoms with E-state index in [0.29, 0.717) is 18.0 Å². The topological polar surface area (TPSA) is 81.1 Å². The van der Waals surface area contributed by atoms with Gasteiger partial charge in [-0.1, -0.05) is 0 Å². The molecule has 0 aromatic heterocycles. The fraction of sp³-hybridized carbons (Fsp3) is 0.579. The maximum absolute atomic E-state index is 12.3. The number of carbonyl (C=O) groups is 2. The summed E-state index contributed by atoms with van der Waals surface area (Å²) in [6.45, 7) is 9.98. The van der Waals surface area contributed by atoms with Crippen LogP contribution in [0.3, 0.4) is 0 Å². The second-order valence-electron chi connectivity index (χ2n) is 7.57. The molecule has 1 aromatic rings. The highest BCUT2D eigenvalue weighted by Crippen LogP contribution is 2.29. The number of aryl methyl sites for hydroxylation is 1. The van der Waals surface area contributed by atoms with Crippen molar-refractivity contribution in [2.75, 3.05) is 21.3 Å². The minimum atomic E-state index is -0.482. The Labute approximate surface area is 156 Å². The van der Waals surface area contributed by atoms with Gasteiger partial charge in [-0.3, -0.25) is 10.1 Å². The zero-order chi connectivity index (χ0) is 20.1. The average molecular weight is 366 g/mol. The maximum atomic E-state index is 12.3. The summed E-state index contributed by atoms with van der Waals surface area (Å²) in [6.07, 6.45) is 0. The van der Waals surface area contributed by atoms with Crippen LogP contribution in [0.2, 0.25) is 0 Å². The standard InChI is InChI=1S/C19H31N3O4/c1-12-9-15(25-7)16(26-8)10-14(12)11-22(6)13(2)17(23)20-18(24)21-19(3,4)5/h9-10,13H,11H2,1-8H3,(H2,20,21,23,24)/p+1/t13-/m1/s1. The predicted octanol–water partition coefficient (Wildman–Crippen LogP) is 1.04. The van der Waals surface area contributed by atoms with Gasteiger partial charge in [0.25, 0.3) is 5.91 Å². The van der Waals surface area contributed by atoms with Crippen molar-refractivity contribution in [1.29, 1.82) is 0 Å². The molecule has 146 valence electrons. The Hall–Kier alpha value is -2.28. The van der Waals surface area contributed by atoms with E-state index in [-0.39, 0.29) is 5.91 Å². The molecule has 3 N–H and O–H groups in total. The zero-order valence-electron chi connectivity index (χ0n) is 17.1. The van der Waals surface area contributed by atoms with Crippen LogP contribution in [0.5, 0.6) is 11.5 Å². The number of hydrogen-bond donors (Lipinski definition) is 3. The number of quaternary nitrogens is 1. The largest absolute Gasteiger partial charge is 0.493 e. The molecule has 0 fully saturated rings. The summed E-state index contributed by atoms with van der Waals surface area (Å²) in [5.74, 6) is 1.01. The Morgan fingerprint density at radius 2 is 1.69 bits per heavy atom. The molecule has 0 radical (unpaired) electrons. The highest BCUT2D eigenvalue weighted by Gasteiger charge is 2.25. The van der Waals surface area contributed by atoms with Crippen LogP contribution in [0.1, 0.15) is 38.8 Å². The number of urea groups is 1. The van der Waals surface area contributed by atoms with Gasteiger partial charge in [0.1, 0.15) is 6.54 Å². The van der Waals surface area contributed by atoms with Crippen molar-refractivity contribution in [3.8, 4) is 11.5 Å². The molecule has 0 aliphatic rings. The van der Waals surface area contributed by atoms with E-state index in [1.54, 1.807) is 21.1 Å². The van der Waals surface area contributed by atoms with Crippen LogP contribution in [0, 0.1) is 6.92 Å². The number of nitrogens with one attached hydrogen (secondary N) is 3. The summed E-state index contributed by atoms with van der Waals surface area (Å²) in [4.78, 5) is 25.2. The third-order valence-electron chi connectivity index (χ3n) is 4.17. The highest BCUT2D eigenvalue weighted by atomic mass is 16.5. The molecule has 0 bridgehead atoms. The number of benzene rings is 1. The van der Waals surface area contributed by atoms with Gasteiger partial charge in [0, 0.05) is 11.1 Å². The lowest BCUT2D eigenvalue weighted by Gasteiger charge is -2.24. The van der Waals surface area contributed by atoms with Crippen molar-refractivity contribution in [3.63, 3.8) is 0 Å². The van der Waals surface area contributed by atoms with Crippen molar-refractivity contribution in [3.05, 3.63) is 23.3 Å². The molecule has 0 aliphatic heterocycles. The number of hydrogen-bond acceptors (Lipinski definition) is 4. The molecule has 0 heterocycles. The Bertz CT molecular complexity index is 653. The molecule has 2 atom stereocenters. The Kier molecular flexibility index (Phi) is 7.44. The molecule has 0 saturated carbocycles. The van der Waals surface area contributed by atoms with Gasteiger partial charge < -0.3 is 19.7 Å². The van der Waals surface area contributed by atoms with Gasteiger partial charge in [0.15, 0.2) is 17.5 Å². The first-order valence-corrected chi connectivity index (χ1v) is 8.65. The van der Waals surface area contributed by atoms with Gasteiger partial charge in [-0.05, 0) is 52.3 Å². The van der Waals surface area contributed by atoms with Crippen molar-refractivity contribution in [2.24, 2.45) is 0 Å². The molecule has 26 heavy (non-hydrogen) atoms. The molecule has 0 spiro atoms. The molecule has 7 nitrogen and oxygen atoms in total. The van der Waals surface area contributed by atoms with Gasteiger partial charge in [-0.25, -0.2) is 4.79 Å². The Morgan fingerprint density at radius 3 is 2.19 bits per heavy atom. The van der Waals surface area contributed by atoms with Crippen LogP contribution in [-0.2, 0) is 11.3 Å². The van der Waals surface area contributed by atoms with Crippen LogP contribution in [0.4, 0.5) is 4.79 Å². The fourth-order valence-corrected chi connectivity index (χ4v) is 2.48. The van der Waals surface area contributed by atoms with E-state index >= 15 is 0 Å². The summed E-state index contributed by atoms with van der Waals surface area (Å²) < 4.78 is 10.7. The average Bonchev–Trinajstić information content (AvgIpc) is 2.53. The number of ether oxygens (including phenoxy) is 2. The predicted molar refractivity (Wildman–Crippen MR) is 101 cm³/mol. The lowest BCUT2D eigenvalue weighted by atomic mass is 10.1. The van der Waals surface area contributed by atoms with Crippen molar-refractivity contribution < 1.29 is 24.0 Å². The van der Waals surface area contributed by atoms with Crippen molar-refractivity contribution in [1.82, 2.24) is 10.6 Å². The summed E-state index contributed by atoms with van der Waals surface area (Å²) in [5, 5.41) is 5.12. The van der Waals surface area contributed by atoms with Crippen molar-refractivity contribution >= 4 is 11.9 Å².